The first kappa shape index (κ1) is 12.4. The molecule has 0 spiro atoms. The van der Waals surface area contributed by atoms with Crippen LogP contribution in [0.2, 0.25) is 0 Å². The highest BCUT2D eigenvalue weighted by molar-refractivity contribution is 14.1. The number of halogens is 2. The van der Waals surface area contributed by atoms with Gasteiger partial charge in [-0.2, -0.15) is 0 Å². The molecule has 0 radical (unpaired) electrons. The van der Waals surface area contributed by atoms with Gasteiger partial charge in [-0.05, 0) is 53.4 Å². The molecule has 0 fully saturated rings. The molecule has 0 saturated carbocycles. The minimum absolute atomic E-state index is 0.709. The molecule has 0 aromatic heterocycles. The van der Waals surface area contributed by atoms with E-state index in [0.717, 1.165) is 17.6 Å². The Hall–Kier alpha value is 0.350. The van der Waals surface area contributed by atoms with E-state index in [-0.39, 0.29) is 0 Å². The van der Waals surface area contributed by atoms with Crippen molar-refractivity contribution in [3.05, 3.63) is 31.8 Å². The van der Waals surface area contributed by atoms with E-state index < -0.39 is 0 Å². The maximum Gasteiger partial charge on any atom is 0.0242 e. The van der Waals surface area contributed by atoms with Crippen LogP contribution in [0.25, 0.3) is 0 Å². The first-order valence-electron chi connectivity index (χ1n) is 4.46. The van der Waals surface area contributed by atoms with Crippen LogP contribution in [0.4, 0.5) is 0 Å². The van der Waals surface area contributed by atoms with Crippen molar-refractivity contribution < 1.29 is 0 Å². The molecule has 0 heterocycles. The van der Waals surface area contributed by atoms with Crippen molar-refractivity contribution in [1.82, 2.24) is 4.90 Å². The number of likely N-dealkylation sites (N-methyl/N-ethyl adjacent to an activating group) is 1. The van der Waals surface area contributed by atoms with Crippen LogP contribution in [0.3, 0.4) is 0 Å². The lowest BCUT2D eigenvalue weighted by Gasteiger charge is -2.16. The van der Waals surface area contributed by atoms with Crippen LogP contribution in [0.5, 0.6) is 0 Å². The minimum Gasteiger partial charge on any atom is -0.329 e. The lowest BCUT2D eigenvalue weighted by Crippen LogP contribution is -2.25. The summed E-state index contributed by atoms with van der Waals surface area (Å²) in [7, 11) is 2.09. The average Bonchev–Trinajstić information content (AvgIpc) is 2.12. The van der Waals surface area contributed by atoms with E-state index in [1.54, 1.807) is 0 Å². The Bertz CT molecular complexity index is 304. The molecule has 2 nitrogen and oxygen atoms in total. The van der Waals surface area contributed by atoms with Gasteiger partial charge in [0.25, 0.3) is 0 Å². The van der Waals surface area contributed by atoms with E-state index in [1.807, 2.05) is 0 Å². The van der Waals surface area contributed by atoms with Crippen LogP contribution >= 0.6 is 38.5 Å². The zero-order valence-corrected chi connectivity index (χ0v) is 11.9. The Balaban J connectivity index is 2.70. The quantitative estimate of drug-likeness (QED) is 0.827. The molecule has 0 saturated heterocycles. The summed E-state index contributed by atoms with van der Waals surface area (Å²) in [6.07, 6.45) is 0. The summed E-state index contributed by atoms with van der Waals surface area (Å²) in [5.74, 6) is 0. The van der Waals surface area contributed by atoms with Gasteiger partial charge in [0.2, 0.25) is 0 Å². The Morgan fingerprint density at radius 1 is 1.50 bits per heavy atom. The van der Waals surface area contributed by atoms with E-state index in [2.05, 4.69) is 68.7 Å². The van der Waals surface area contributed by atoms with E-state index in [4.69, 9.17) is 5.73 Å². The largest absolute Gasteiger partial charge is 0.329 e. The van der Waals surface area contributed by atoms with Gasteiger partial charge in [0.1, 0.15) is 0 Å². The fourth-order valence-electron chi connectivity index (χ4n) is 1.25. The lowest BCUT2D eigenvalue weighted by molar-refractivity contribution is 0.335. The van der Waals surface area contributed by atoms with Crippen molar-refractivity contribution in [2.45, 2.75) is 6.54 Å². The van der Waals surface area contributed by atoms with Crippen LogP contribution in [-0.4, -0.2) is 25.0 Å². The van der Waals surface area contributed by atoms with Gasteiger partial charge in [-0.1, -0.05) is 15.9 Å². The molecule has 1 aromatic carbocycles. The highest BCUT2D eigenvalue weighted by Crippen LogP contribution is 2.19. The molecule has 0 aliphatic heterocycles. The highest BCUT2D eigenvalue weighted by Gasteiger charge is 2.03. The molecule has 4 heteroatoms. The average molecular weight is 369 g/mol. The number of nitrogens with two attached hydrogens (primary N) is 1. The van der Waals surface area contributed by atoms with E-state index in [9.17, 15) is 0 Å². The number of rotatable bonds is 4. The summed E-state index contributed by atoms with van der Waals surface area (Å²) in [5.41, 5.74) is 6.84. The van der Waals surface area contributed by atoms with E-state index >= 15 is 0 Å². The first-order chi connectivity index (χ1) is 6.63. The van der Waals surface area contributed by atoms with Crippen LogP contribution < -0.4 is 5.73 Å². The van der Waals surface area contributed by atoms with Crippen LogP contribution in [0.15, 0.2) is 22.7 Å². The fraction of sp³-hybridized carbons (Fsp3) is 0.400. The molecule has 0 aliphatic carbocycles. The molecule has 1 aromatic rings. The number of hydrogen-bond donors (Lipinski definition) is 1. The summed E-state index contributed by atoms with van der Waals surface area (Å²) >= 11 is 5.84. The Morgan fingerprint density at radius 3 is 2.86 bits per heavy atom. The minimum atomic E-state index is 0.709. The second-order valence-corrected chi connectivity index (χ2v) is 5.34. The third kappa shape index (κ3) is 3.84. The van der Waals surface area contributed by atoms with Crippen LogP contribution in [0, 0.1) is 3.57 Å². The molecule has 2 N–H and O–H groups in total. The molecule has 14 heavy (non-hydrogen) atoms. The molecule has 0 bridgehead atoms. The Morgan fingerprint density at radius 2 is 2.21 bits per heavy atom. The summed E-state index contributed by atoms with van der Waals surface area (Å²) in [6.45, 7) is 2.60. The number of nitrogens with zero attached hydrogens (tertiary/aromatic N) is 1. The summed E-state index contributed by atoms with van der Waals surface area (Å²) in [5, 5.41) is 0. The molecule has 0 aliphatic rings. The normalized spacial score (nSPS) is 10.9. The predicted molar refractivity (Wildman–Crippen MR) is 72.2 cm³/mol. The standard InChI is InChI=1S/C10H14BrIN2/c1-14(5-4-13)7-8-6-9(11)2-3-10(8)12/h2-3,6H,4-5,7,13H2,1H3. The summed E-state index contributed by atoms with van der Waals surface area (Å²) < 4.78 is 2.43. The van der Waals surface area contributed by atoms with Crippen molar-refractivity contribution in [3.63, 3.8) is 0 Å². The summed E-state index contributed by atoms with van der Waals surface area (Å²) in [6, 6.07) is 6.35. The zero-order chi connectivity index (χ0) is 10.6. The summed E-state index contributed by atoms with van der Waals surface area (Å²) in [4.78, 5) is 2.23. The SMILES string of the molecule is CN(CCN)Cc1cc(Br)ccc1I. The van der Waals surface area contributed by atoms with Gasteiger partial charge in [-0.25, -0.2) is 0 Å². The molecule has 1 rings (SSSR count). The van der Waals surface area contributed by atoms with Gasteiger partial charge in [0.15, 0.2) is 0 Å². The third-order valence-corrected chi connectivity index (χ3v) is 3.50. The monoisotopic (exact) mass is 368 g/mol. The molecule has 0 unspecified atom stereocenters. The smallest absolute Gasteiger partial charge is 0.0242 e. The number of hydrogen-bond acceptors (Lipinski definition) is 2. The van der Waals surface area contributed by atoms with E-state index in [0.29, 0.717) is 6.54 Å². The molecule has 78 valence electrons. The van der Waals surface area contributed by atoms with Crippen molar-refractivity contribution in [2.24, 2.45) is 5.73 Å². The first-order valence-corrected chi connectivity index (χ1v) is 6.33. The zero-order valence-electron chi connectivity index (χ0n) is 8.13. The second kappa shape index (κ2) is 6.05. The molecule has 0 atom stereocenters. The van der Waals surface area contributed by atoms with Crippen molar-refractivity contribution in [1.29, 1.82) is 0 Å². The van der Waals surface area contributed by atoms with Gasteiger partial charge < -0.3 is 10.6 Å². The number of benzene rings is 1. The topological polar surface area (TPSA) is 29.3 Å². The molecule has 0 amide bonds. The Kier molecular flexibility index (Phi) is 5.36. The predicted octanol–water partition coefficient (Wildman–Crippen LogP) is 2.44. The molecular weight excluding hydrogens is 355 g/mol. The van der Waals surface area contributed by atoms with E-state index in [1.165, 1.54) is 9.13 Å². The highest BCUT2D eigenvalue weighted by atomic mass is 127. The van der Waals surface area contributed by atoms with Crippen molar-refractivity contribution >= 4 is 38.5 Å². The van der Waals surface area contributed by atoms with Gasteiger partial charge in [0.05, 0.1) is 0 Å². The Labute approximate surface area is 107 Å². The van der Waals surface area contributed by atoms with Crippen molar-refractivity contribution in [3.8, 4) is 0 Å². The lowest BCUT2D eigenvalue weighted by atomic mass is 10.2. The van der Waals surface area contributed by atoms with Crippen molar-refractivity contribution in [2.75, 3.05) is 20.1 Å². The molecular formula is C10H14BrIN2. The van der Waals surface area contributed by atoms with Crippen LogP contribution in [0.1, 0.15) is 5.56 Å². The van der Waals surface area contributed by atoms with Crippen LogP contribution in [-0.2, 0) is 6.54 Å². The maximum atomic E-state index is 5.50. The second-order valence-electron chi connectivity index (χ2n) is 3.26. The van der Waals surface area contributed by atoms with Gasteiger partial charge in [-0.15, -0.1) is 0 Å². The third-order valence-electron chi connectivity index (χ3n) is 1.96. The maximum absolute atomic E-state index is 5.50. The van der Waals surface area contributed by atoms with Gasteiger partial charge in [0, 0.05) is 27.7 Å². The van der Waals surface area contributed by atoms with Gasteiger partial charge in [-0.3, -0.25) is 0 Å². The van der Waals surface area contributed by atoms with Gasteiger partial charge >= 0.3 is 0 Å². The fourth-order valence-corrected chi connectivity index (χ4v) is 2.17.